The van der Waals surface area contributed by atoms with Crippen LogP contribution in [0.15, 0.2) is 54.6 Å². The van der Waals surface area contributed by atoms with Crippen molar-refractivity contribution in [2.45, 2.75) is 53.0 Å². The molecular weight excluding hydrogens is 360 g/mol. The molecule has 2 amide bonds. The highest BCUT2D eigenvalue weighted by molar-refractivity contribution is 5.88. The van der Waals surface area contributed by atoms with E-state index in [1.54, 1.807) is 4.90 Å². The van der Waals surface area contributed by atoms with Gasteiger partial charge in [0.2, 0.25) is 11.8 Å². The summed E-state index contributed by atoms with van der Waals surface area (Å²) in [5.41, 5.74) is 3.31. The number of carbonyl (C=O) groups is 2. The van der Waals surface area contributed by atoms with E-state index in [4.69, 9.17) is 0 Å². The molecule has 2 aromatic carbocycles. The molecule has 0 radical (unpaired) electrons. The normalized spacial score (nSPS) is 11.9. The first-order valence-corrected chi connectivity index (χ1v) is 10.6. The Balaban J connectivity index is 2.16. The summed E-state index contributed by atoms with van der Waals surface area (Å²) in [7, 11) is 0. The summed E-state index contributed by atoms with van der Waals surface area (Å²) in [4.78, 5) is 27.8. The van der Waals surface area contributed by atoms with Crippen LogP contribution in [0.25, 0.3) is 0 Å². The molecule has 0 spiro atoms. The van der Waals surface area contributed by atoms with E-state index in [2.05, 4.69) is 31.3 Å². The molecule has 1 N–H and O–H groups in total. The maximum Gasteiger partial charge on any atom is 0.242 e. The monoisotopic (exact) mass is 394 g/mol. The third-order valence-electron chi connectivity index (χ3n) is 5.03. The quantitative estimate of drug-likeness (QED) is 0.658. The van der Waals surface area contributed by atoms with Crippen molar-refractivity contribution in [1.82, 2.24) is 10.2 Å². The van der Waals surface area contributed by atoms with Crippen LogP contribution in [0.5, 0.6) is 0 Å². The Labute approximate surface area is 175 Å². The van der Waals surface area contributed by atoms with Crippen LogP contribution < -0.4 is 5.32 Å². The molecule has 2 rings (SSSR count). The molecule has 0 bridgehead atoms. The van der Waals surface area contributed by atoms with Gasteiger partial charge in [-0.3, -0.25) is 9.59 Å². The molecule has 0 unspecified atom stereocenters. The molecule has 0 saturated carbocycles. The number of hydrogen-bond acceptors (Lipinski definition) is 2. The second-order valence-corrected chi connectivity index (χ2v) is 8.05. The number of benzene rings is 2. The zero-order chi connectivity index (χ0) is 21.2. The number of hydrogen-bond donors (Lipinski definition) is 1. The molecule has 0 saturated heterocycles. The van der Waals surface area contributed by atoms with Gasteiger partial charge in [-0.25, -0.2) is 0 Å². The lowest BCUT2D eigenvalue weighted by Gasteiger charge is -2.31. The maximum atomic E-state index is 13.2. The minimum Gasteiger partial charge on any atom is -0.354 e. The molecule has 0 aromatic heterocycles. The molecule has 4 nitrogen and oxygen atoms in total. The fraction of sp³-hybridized carbons (Fsp3) is 0.440. The Kier molecular flexibility index (Phi) is 8.91. The minimum absolute atomic E-state index is 0.00340. The average molecular weight is 395 g/mol. The van der Waals surface area contributed by atoms with Gasteiger partial charge in [0, 0.05) is 13.1 Å². The molecule has 0 heterocycles. The van der Waals surface area contributed by atoms with Crippen LogP contribution in [0.2, 0.25) is 0 Å². The maximum absolute atomic E-state index is 13.2. The van der Waals surface area contributed by atoms with Crippen LogP contribution in [0.3, 0.4) is 0 Å². The predicted octanol–water partition coefficient (Wildman–Crippen LogP) is 4.16. The summed E-state index contributed by atoms with van der Waals surface area (Å²) in [6.07, 6.45) is 1.63. The zero-order valence-corrected chi connectivity index (χ0v) is 18.2. The molecule has 0 aliphatic heterocycles. The van der Waals surface area contributed by atoms with Gasteiger partial charge in [0.1, 0.15) is 6.04 Å². The highest BCUT2D eigenvalue weighted by Crippen LogP contribution is 2.13. The topological polar surface area (TPSA) is 49.4 Å². The van der Waals surface area contributed by atoms with Crippen LogP contribution in [-0.4, -0.2) is 35.8 Å². The Morgan fingerprint density at radius 3 is 2.21 bits per heavy atom. The van der Waals surface area contributed by atoms with Gasteiger partial charge in [0.25, 0.3) is 0 Å². The molecule has 29 heavy (non-hydrogen) atoms. The summed E-state index contributed by atoms with van der Waals surface area (Å²) in [5, 5.41) is 3.01. The van der Waals surface area contributed by atoms with Crippen molar-refractivity contribution < 1.29 is 9.59 Å². The first-order chi connectivity index (χ1) is 13.9. The van der Waals surface area contributed by atoms with Crippen molar-refractivity contribution in [3.63, 3.8) is 0 Å². The van der Waals surface area contributed by atoms with Crippen molar-refractivity contribution in [2.24, 2.45) is 5.92 Å². The summed E-state index contributed by atoms with van der Waals surface area (Å²) in [5.74, 6) is 0.306. The third-order valence-corrected chi connectivity index (χ3v) is 5.03. The Bertz CT molecular complexity index is 769. The molecule has 4 heteroatoms. The van der Waals surface area contributed by atoms with Crippen LogP contribution in [0.1, 0.15) is 43.9 Å². The van der Waals surface area contributed by atoms with Crippen molar-refractivity contribution in [2.75, 3.05) is 13.1 Å². The SMILES string of the molecule is CC[C@H](C(=O)NCC(C)C)N(CCc1ccccc1)C(=O)Cc1ccc(C)cc1. The summed E-state index contributed by atoms with van der Waals surface area (Å²) in [6.45, 7) is 9.28. The van der Waals surface area contributed by atoms with Gasteiger partial charge >= 0.3 is 0 Å². The lowest BCUT2D eigenvalue weighted by atomic mass is 10.1. The van der Waals surface area contributed by atoms with E-state index in [0.717, 1.165) is 17.5 Å². The van der Waals surface area contributed by atoms with Crippen molar-refractivity contribution in [3.05, 3.63) is 71.3 Å². The summed E-state index contributed by atoms with van der Waals surface area (Å²) < 4.78 is 0. The molecular formula is C25H34N2O2. The summed E-state index contributed by atoms with van der Waals surface area (Å²) in [6, 6.07) is 17.7. The van der Waals surface area contributed by atoms with Crippen molar-refractivity contribution in [1.29, 1.82) is 0 Å². The highest BCUT2D eigenvalue weighted by atomic mass is 16.2. The number of carbonyl (C=O) groups excluding carboxylic acids is 2. The van der Waals surface area contributed by atoms with E-state index in [0.29, 0.717) is 31.8 Å². The van der Waals surface area contributed by atoms with Crippen molar-refractivity contribution in [3.8, 4) is 0 Å². The standard InChI is InChI=1S/C25H34N2O2/c1-5-23(25(29)26-18-19(2)3)27(16-15-21-9-7-6-8-10-21)24(28)17-22-13-11-20(4)12-14-22/h6-14,19,23H,5,15-18H2,1-4H3,(H,26,29)/t23-/m1/s1. The van der Waals surface area contributed by atoms with Gasteiger partial charge in [-0.15, -0.1) is 0 Å². The molecule has 0 aliphatic rings. The number of aryl methyl sites for hydroxylation is 1. The molecule has 0 fully saturated rings. The van der Waals surface area contributed by atoms with Gasteiger partial charge in [-0.1, -0.05) is 80.9 Å². The van der Waals surface area contributed by atoms with E-state index >= 15 is 0 Å². The fourth-order valence-electron chi connectivity index (χ4n) is 3.30. The number of nitrogens with zero attached hydrogens (tertiary/aromatic N) is 1. The van der Waals surface area contributed by atoms with Gasteiger partial charge in [-0.2, -0.15) is 0 Å². The largest absolute Gasteiger partial charge is 0.354 e. The Morgan fingerprint density at radius 1 is 0.966 bits per heavy atom. The lowest BCUT2D eigenvalue weighted by molar-refractivity contribution is -0.140. The Hall–Kier alpha value is -2.62. The second kappa shape index (κ2) is 11.4. The van der Waals surface area contributed by atoms with E-state index in [9.17, 15) is 9.59 Å². The van der Waals surface area contributed by atoms with E-state index in [-0.39, 0.29) is 11.8 Å². The average Bonchev–Trinajstić information content (AvgIpc) is 2.71. The van der Waals surface area contributed by atoms with Gasteiger partial charge < -0.3 is 10.2 Å². The first-order valence-electron chi connectivity index (χ1n) is 10.6. The minimum atomic E-state index is -0.449. The van der Waals surface area contributed by atoms with Gasteiger partial charge in [0.05, 0.1) is 6.42 Å². The van der Waals surface area contributed by atoms with Gasteiger partial charge in [-0.05, 0) is 36.8 Å². The Morgan fingerprint density at radius 2 is 1.62 bits per heavy atom. The highest BCUT2D eigenvalue weighted by Gasteiger charge is 2.28. The van der Waals surface area contributed by atoms with Crippen LogP contribution in [0.4, 0.5) is 0 Å². The number of nitrogens with one attached hydrogen (secondary N) is 1. The van der Waals surface area contributed by atoms with Crippen LogP contribution in [-0.2, 0) is 22.4 Å². The first kappa shape index (κ1) is 22.7. The fourth-order valence-corrected chi connectivity index (χ4v) is 3.30. The van der Waals surface area contributed by atoms with Crippen LogP contribution in [0, 0.1) is 12.8 Å². The van der Waals surface area contributed by atoms with E-state index in [1.807, 2.05) is 56.3 Å². The van der Waals surface area contributed by atoms with Crippen molar-refractivity contribution >= 4 is 11.8 Å². The molecule has 2 aromatic rings. The summed E-state index contributed by atoms with van der Waals surface area (Å²) >= 11 is 0. The zero-order valence-electron chi connectivity index (χ0n) is 18.2. The second-order valence-electron chi connectivity index (χ2n) is 8.05. The smallest absolute Gasteiger partial charge is 0.242 e. The molecule has 156 valence electrons. The molecule has 1 atom stereocenters. The van der Waals surface area contributed by atoms with E-state index < -0.39 is 6.04 Å². The number of rotatable bonds is 10. The lowest BCUT2D eigenvalue weighted by Crippen LogP contribution is -2.51. The predicted molar refractivity (Wildman–Crippen MR) is 119 cm³/mol. The van der Waals surface area contributed by atoms with Crippen LogP contribution >= 0.6 is 0 Å². The van der Waals surface area contributed by atoms with E-state index in [1.165, 1.54) is 5.56 Å². The number of amides is 2. The molecule has 0 aliphatic carbocycles. The third kappa shape index (κ3) is 7.37. The van der Waals surface area contributed by atoms with Gasteiger partial charge in [0.15, 0.2) is 0 Å².